The molecular weight excluding hydrogens is 394 g/mol. The first-order chi connectivity index (χ1) is 14.0. The van der Waals surface area contributed by atoms with E-state index >= 15 is 0 Å². The van der Waals surface area contributed by atoms with E-state index in [2.05, 4.69) is 10.1 Å². The number of hydrogen-bond donors (Lipinski definition) is 0. The number of thiophene rings is 1. The van der Waals surface area contributed by atoms with Crippen LogP contribution in [0, 0.1) is 6.92 Å². The molecule has 4 aromatic rings. The molecule has 0 N–H and O–H groups in total. The van der Waals surface area contributed by atoms with Crippen LogP contribution in [0.2, 0.25) is 0 Å². The van der Waals surface area contributed by atoms with Crippen LogP contribution in [0.1, 0.15) is 11.5 Å². The Morgan fingerprint density at radius 2 is 2.03 bits per heavy atom. The van der Waals surface area contributed by atoms with E-state index < -0.39 is 5.97 Å². The van der Waals surface area contributed by atoms with E-state index in [0.717, 1.165) is 16.2 Å². The van der Waals surface area contributed by atoms with Crippen molar-refractivity contribution < 1.29 is 18.8 Å². The molecule has 0 aliphatic carbocycles. The van der Waals surface area contributed by atoms with Gasteiger partial charge in [-0.3, -0.25) is 14.2 Å². The molecule has 9 heteroatoms. The fraction of sp³-hybridized carbons (Fsp3) is 0.200. The molecule has 0 saturated carbocycles. The second-order valence-electron chi connectivity index (χ2n) is 6.33. The normalized spacial score (nSPS) is 11.0. The van der Waals surface area contributed by atoms with E-state index in [0.29, 0.717) is 21.7 Å². The first kappa shape index (κ1) is 18.9. The van der Waals surface area contributed by atoms with E-state index in [1.165, 1.54) is 22.2 Å². The van der Waals surface area contributed by atoms with E-state index in [1.54, 1.807) is 20.1 Å². The summed E-state index contributed by atoms with van der Waals surface area (Å²) in [6.45, 7) is 1.51. The topological polar surface area (TPSA) is 96.5 Å². The number of esters is 1. The fourth-order valence-corrected chi connectivity index (χ4v) is 3.84. The summed E-state index contributed by atoms with van der Waals surface area (Å²) in [4.78, 5) is 30.1. The van der Waals surface area contributed by atoms with Crippen LogP contribution in [-0.4, -0.2) is 27.8 Å². The van der Waals surface area contributed by atoms with Gasteiger partial charge in [0, 0.05) is 10.9 Å². The maximum atomic E-state index is 12.8. The Morgan fingerprint density at radius 3 is 2.72 bits per heavy atom. The van der Waals surface area contributed by atoms with E-state index in [9.17, 15) is 9.59 Å². The summed E-state index contributed by atoms with van der Waals surface area (Å²) in [5, 5.41) is 3.73. The Balaban J connectivity index is 1.52. The van der Waals surface area contributed by atoms with E-state index in [4.69, 9.17) is 14.0 Å². The van der Waals surface area contributed by atoms with Crippen LogP contribution in [0.25, 0.3) is 20.7 Å². The zero-order valence-corrected chi connectivity index (χ0v) is 16.6. The summed E-state index contributed by atoms with van der Waals surface area (Å²) < 4.78 is 17.0. The largest absolute Gasteiger partial charge is 0.497 e. The van der Waals surface area contributed by atoms with Gasteiger partial charge in [0.1, 0.15) is 17.0 Å². The van der Waals surface area contributed by atoms with Crippen LogP contribution in [0.4, 0.5) is 0 Å². The standard InChI is InChI=1S/C20H17N3O5S/c1-12-7-15(28-22-12)10-27-18(24)9-23-11-21-16-8-17(29-19(16)20(23)25)13-3-5-14(26-2)6-4-13/h3-8,11H,9-10H2,1-2H3. The van der Waals surface area contributed by atoms with Crippen LogP contribution < -0.4 is 10.3 Å². The molecule has 1 aromatic carbocycles. The molecule has 3 aromatic heterocycles. The Kier molecular flexibility index (Phi) is 5.13. The highest BCUT2D eigenvalue weighted by Crippen LogP contribution is 2.31. The Morgan fingerprint density at radius 1 is 1.24 bits per heavy atom. The molecule has 0 saturated heterocycles. The van der Waals surface area contributed by atoms with Crippen molar-refractivity contribution in [2.24, 2.45) is 0 Å². The second-order valence-corrected chi connectivity index (χ2v) is 7.38. The van der Waals surface area contributed by atoms with Gasteiger partial charge in [-0.15, -0.1) is 11.3 Å². The number of aromatic nitrogens is 3. The molecule has 0 amide bonds. The average Bonchev–Trinajstić information content (AvgIpc) is 3.35. The zero-order valence-electron chi connectivity index (χ0n) is 15.7. The number of ether oxygens (including phenoxy) is 2. The lowest BCUT2D eigenvalue weighted by atomic mass is 10.2. The highest BCUT2D eigenvalue weighted by Gasteiger charge is 2.14. The van der Waals surface area contributed by atoms with Crippen molar-refractivity contribution in [2.75, 3.05) is 7.11 Å². The minimum atomic E-state index is -0.561. The lowest BCUT2D eigenvalue weighted by Gasteiger charge is -2.05. The lowest BCUT2D eigenvalue weighted by molar-refractivity contribution is -0.146. The van der Waals surface area contributed by atoms with Gasteiger partial charge in [0.25, 0.3) is 5.56 Å². The molecule has 0 aliphatic rings. The molecule has 8 nitrogen and oxygen atoms in total. The maximum absolute atomic E-state index is 12.8. The SMILES string of the molecule is COc1ccc(-c2cc3ncn(CC(=O)OCc4cc(C)no4)c(=O)c3s2)cc1. The number of aryl methyl sites for hydroxylation is 1. The van der Waals surface area contributed by atoms with Crippen LogP contribution in [-0.2, 0) is 22.7 Å². The smallest absolute Gasteiger partial charge is 0.326 e. The highest BCUT2D eigenvalue weighted by atomic mass is 32.1. The van der Waals surface area contributed by atoms with Gasteiger partial charge in [0.05, 0.1) is 24.6 Å². The predicted molar refractivity (Wildman–Crippen MR) is 107 cm³/mol. The zero-order chi connectivity index (χ0) is 20.4. The van der Waals surface area contributed by atoms with Crippen LogP contribution >= 0.6 is 11.3 Å². The van der Waals surface area contributed by atoms with Crippen LogP contribution in [0.5, 0.6) is 5.75 Å². The van der Waals surface area contributed by atoms with Crippen molar-refractivity contribution in [2.45, 2.75) is 20.1 Å². The molecule has 3 heterocycles. The van der Waals surface area contributed by atoms with Gasteiger partial charge in [-0.2, -0.15) is 0 Å². The number of carbonyl (C=O) groups excluding carboxylic acids is 1. The second kappa shape index (κ2) is 7.88. The summed E-state index contributed by atoms with van der Waals surface area (Å²) in [7, 11) is 1.61. The van der Waals surface area contributed by atoms with Gasteiger partial charge >= 0.3 is 5.97 Å². The predicted octanol–water partition coefficient (Wildman–Crippen LogP) is 3.17. The fourth-order valence-electron chi connectivity index (χ4n) is 2.78. The molecule has 0 fully saturated rings. The summed E-state index contributed by atoms with van der Waals surface area (Å²) in [6.07, 6.45) is 1.36. The number of hydrogen-bond acceptors (Lipinski definition) is 8. The van der Waals surface area contributed by atoms with E-state index in [-0.39, 0.29) is 18.7 Å². The summed E-state index contributed by atoms with van der Waals surface area (Å²) >= 11 is 1.33. The van der Waals surface area contributed by atoms with Gasteiger partial charge in [0.15, 0.2) is 12.4 Å². The maximum Gasteiger partial charge on any atom is 0.326 e. The minimum absolute atomic E-state index is 0.0370. The molecule has 4 rings (SSSR count). The molecule has 0 spiro atoms. The third-order valence-corrected chi connectivity index (χ3v) is 5.39. The molecule has 0 radical (unpaired) electrons. The van der Waals surface area contributed by atoms with Gasteiger partial charge in [0.2, 0.25) is 0 Å². The van der Waals surface area contributed by atoms with Gasteiger partial charge in [-0.05, 0) is 42.8 Å². The first-order valence-corrected chi connectivity index (χ1v) is 9.56. The molecule has 0 atom stereocenters. The third kappa shape index (κ3) is 4.04. The molecule has 0 bridgehead atoms. The van der Waals surface area contributed by atoms with Crippen molar-refractivity contribution in [3.63, 3.8) is 0 Å². The Hall–Kier alpha value is -3.46. The summed E-state index contributed by atoms with van der Waals surface area (Å²) in [5.41, 5.74) is 1.97. The third-order valence-electron chi connectivity index (χ3n) is 4.23. The van der Waals surface area contributed by atoms with Crippen molar-refractivity contribution in [3.05, 3.63) is 64.5 Å². The van der Waals surface area contributed by atoms with E-state index in [1.807, 2.05) is 30.3 Å². The molecule has 148 valence electrons. The summed E-state index contributed by atoms with van der Waals surface area (Å²) in [5.74, 6) is 0.641. The average molecular weight is 411 g/mol. The van der Waals surface area contributed by atoms with Gasteiger partial charge in [-0.1, -0.05) is 5.16 Å². The van der Waals surface area contributed by atoms with Gasteiger partial charge in [-0.25, -0.2) is 4.98 Å². The number of methoxy groups -OCH3 is 1. The van der Waals surface area contributed by atoms with Gasteiger partial charge < -0.3 is 14.0 Å². The quantitative estimate of drug-likeness (QED) is 0.450. The molecular formula is C20H17N3O5S. The first-order valence-electron chi connectivity index (χ1n) is 8.74. The Labute approximate surface area is 169 Å². The van der Waals surface area contributed by atoms with Crippen molar-refractivity contribution in [3.8, 4) is 16.2 Å². The minimum Gasteiger partial charge on any atom is -0.497 e. The monoisotopic (exact) mass is 411 g/mol. The van der Waals surface area contributed by atoms with Crippen LogP contribution in [0.3, 0.4) is 0 Å². The Bertz CT molecular complexity index is 1220. The number of carbonyl (C=O) groups is 1. The van der Waals surface area contributed by atoms with Crippen LogP contribution in [0.15, 0.2) is 52.0 Å². The molecule has 29 heavy (non-hydrogen) atoms. The van der Waals surface area contributed by atoms with Crippen molar-refractivity contribution in [1.29, 1.82) is 0 Å². The van der Waals surface area contributed by atoms with Crippen molar-refractivity contribution in [1.82, 2.24) is 14.7 Å². The van der Waals surface area contributed by atoms with Crippen molar-refractivity contribution >= 4 is 27.5 Å². The number of nitrogens with zero attached hydrogens (tertiary/aromatic N) is 3. The number of fused-ring (bicyclic) bond motifs is 1. The molecule has 0 unspecified atom stereocenters. The summed E-state index contributed by atoms with van der Waals surface area (Å²) in [6, 6.07) is 11.1. The lowest BCUT2D eigenvalue weighted by Crippen LogP contribution is -2.25. The molecule has 0 aliphatic heterocycles. The number of rotatable bonds is 6. The highest BCUT2D eigenvalue weighted by molar-refractivity contribution is 7.22. The number of benzene rings is 1.